The number of rotatable bonds is 2. The average Bonchev–Trinajstić information content (AvgIpc) is 2.65. The van der Waals surface area contributed by atoms with E-state index in [1.54, 1.807) is 0 Å². The molecule has 1 N–H and O–H groups in total. The van der Waals surface area contributed by atoms with E-state index in [2.05, 4.69) is 5.32 Å². The summed E-state index contributed by atoms with van der Waals surface area (Å²) in [6.45, 7) is -0.516. The highest BCUT2D eigenvalue weighted by molar-refractivity contribution is 6.01. The number of amides is 3. The SMILES string of the molecule is N#Cc1cc(F)c(CN2C(=O)CNC2=O)cc1F. The van der Waals surface area contributed by atoms with E-state index in [0.29, 0.717) is 0 Å². The first-order chi connectivity index (χ1) is 8.52. The minimum atomic E-state index is -0.888. The van der Waals surface area contributed by atoms with E-state index in [4.69, 9.17) is 5.26 Å². The molecule has 92 valence electrons. The van der Waals surface area contributed by atoms with E-state index in [9.17, 15) is 18.4 Å². The number of hydrogen-bond acceptors (Lipinski definition) is 3. The Labute approximate surface area is 101 Å². The Morgan fingerprint density at radius 1 is 1.33 bits per heavy atom. The fourth-order valence-electron chi connectivity index (χ4n) is 1.58. The minimum absolute atomic E-state index is 0.154. The topological polar surface area (TPSA) is 73.2 Å². The zero-order chi connectivity index (χ0) is 13.3. The van der Waals surface area contributed by atoms with Gasteiger partial charge < -0.3 is 5.32 Å². The van der Waals surface area contributed by atoms with Crippen LogP contribution in [0, 0.1) is 23.0 Å². The lowest BCUT2D eigenvalue weighted by atomic mass is 10.1. The summed E-state index contributed by atoms with van der Waals surface area (Å²) in [5, 5.41) is 10.8. The number of nitrogens with one attached hydrogen (secondary N) is 1. The molecule has 0 aromatic heterocycles. The molecule has 0 atom stereocenters. The first-order valence-corrected chi connectivity index (χ1v) is 4.99. The highest BCUT2D eigenvalue weighted by Gasteiger charge is 2.29. The van der Waals surface area contributed by atoms with Gasteiger partial charge in [-0.25, -0.2) is 13.6 Å². The number of hydrogen-bond donors (Lipinski definition) is 1. The molecule has 1 aliphatic rings. The lowest BCUT2D eigenvalue weighted by molar-refractivity contribution is -0.125. The van der Waals surface area contributed by atoms with Crippen molar-refractivity contribution in [2.24, 2.45) is 0 Å². The molecule has 0 radical (unpaired) electrons. The normalized spacial score (nSPS) is 14.6. The number of carbonyl (C=O) groups is 2. The summed E-state index contributed by atoms with van der Waals surface area (Å²) in [4.78, 5) is 23.3. The van der Waals surface area contributed by atoms with E-state index < -0.39 is 29.1 Å². The number of nitrogens with zero attached hydrogens (tertiary/aromatic N) is 2. The third kappa shape index (κ3) is 2.00. The number of urea groups is 1. The first kappa shape index (κ1) is 12.0. The van der Waals surface area contributed by atoms with Crippen LogP contribution in [0.25, 0.3) is 0 Å². The molecule has 1 aromatic rings. The molecule has 0 saturated carbocycles. The van der Waals surface area contributed by atoms with Gasteiger partial charge in [-0.1, -0.05) is 0 Å². The molecule has 0 spiro atoms. The second kappa shape index (κ2) is 4.41. The van der Waals surface area contributed by atoms with Crippen molar-refractivity contribution in [2.75, 3.05) is 6.54 Å². The lowest BCUT2D eigenvalue weighted by Crippen LogP contribution is -2.30. The molecule has 18 heavy (non-hydrogen) atoms. The molecule has 1 aromatic carbocycles. The van der Waals surface area contributed by atoms with Crippen LogP contribution in [0.1, 0.15) is 11.1 Å². The van der Waals surface area contributed by atoms with E-state index in [1.807, 2.05) is 0 Å². The molecule has 7 heteroatoms. The van der Waals surface area contributed by atoms with Crippen molar-refractivity contribution in [3.63, 3.8) is 0 Å². The fourth-order valence-corrected chi connectivity index (χ4v) is 1.58. The minimum Gasteiger partial charge on any atom is -0.329 e. The molecule has 1 saturated heterocycles. The number of carbonyl (C=O) groups excluding carboxylic acids is 2. The van der Waals surface area contributed by atoms with Gasteiger partial charge in [0.15, 0.2) is 0 Å². The van der Waals surface area contributed by atoms with Crippen LogP contribution in [0.5, 0.6) is 0 Å². The number of imide groups is 1. The zero-order valence-electron chi connectivity index (χ0n) is 9.04. The largest absolute Gasteiger partial charge is 0.329 e. The van der Waals surface area contributed by atoms with Crippen molar-refractivity contribution < 1.29 is 18.4 Å². The molecule has 3 amide bonds. The van der Waals surface area contributed by atoms with Crippen molar-refractivity contribution in [1.29, 1.82) is 5.26 Å². The maximum Gasteiger partial charge on any atom is 0.324 e. The maximum absolute atomic E-state index is 13.5. The summed E-state index contributed by atoms with van der Waals surface area (Å²) >= 11 is 0. The summed E-state index contributed by atoms with van der Waals surface area (Å²) in [7, 11) is 0. The second-order valence-corrected chi connectivity index (χ2v) is 3.67. The van der Waals surface area contributed by atoms with Crippen LogP contribution in [0.4, 0.5) is 13.6 Å². The number of nitriles is 1. The average molecular weight is 251 g/mol. The smallest absolute Gasteiger partial charge is 0.324 e. The third-order valence-corrected chi connectivity index (χ3v) is 2.52. The van der Waals surface area contributed by atoms with Gasteiger partial charge in [0.1, 0.15) is 17.7 Å². The Morgan fingerprint density at radius 2 is 2.06 bits per heavy atom. The van der Waals surface area contributed by atoms with Gasteiger partial charge in [-0.2, -0.15) is 5.26 Å². The monoisotopic (exact) mass is 251 g/mol. The van der Waals surface area contributed by atoms with Crippen LogP contribution in [-0.2, 0) is 11.3 Å². The molecule has 0 aliphatic carbocycles. The Balaban J connectivity index is 2.30. The van der Waals surface area contributed by atoms with Gasteiger partial charge in [-0.15, -0.1) is 0 Å². The summed E-state index contributed by atoms with van der Waals surface area (Å²) in [5.74, 6) is -2.23. The van der Waals surface area contributed by atoms with Crippen LogP contribution in [0.2, 0.25) is 0 Å². The van der Waals surface area contributed by atoms with Crippen molar-refractivity contribution in [1.82, 2.24) is 10.2 Å². The van der Waals surface area contributed by atoms with Crippen LogP contribution in [0.15, 0.2) is 12.1 Å². The maximum atomic E-state index is 13.5. The van der Waals surface area contributed by atoms with Gasteiger partial charge in [0.2, 0.25) is 5.91 Å². The Bertz CT molecular complexity index is 564. The first-order valence-electron chi connectivity index (χ1n) is 4.99. The summed E-state index contributed by atoms with van der Waals surface area (Å²) < 4.78 is 26.8. The number of halogens is 2. The molecule has 2 rings (SSSR count). The lowest BCUT2D eigenvalue weighted by Gasteiger charge is -2.13. The van der Waals surface area contributed by atoms with Crippen LogP contribution in [0.3, 0.4) is 0 Å². The molecule has 5 nitrogen and oxygen atoms in total. The highest BCUT2D eigenvalue weighted by atomic mass is 19.1. The second-order valence-electron chi connectivity index (χ2n) is 3.67. The molecule has 1 heterocycles. The predicted molar refractivity (Wildman–Crippen MR) is 55.0 cm³/mol. The standard InChI is InChI=1S/C11H7F2N3O2/c12-8-2-7(9(13)1-6(8)3-14)5-16-10(17)4-15-11(16)18/h1-2H,4-5H2,(H,15,18). The molecule has 1 fully saturated rings. The third-order valence-electron chi connectivity index (χ3n) is 2.52. The molecule has 1 aliphatic heterocycles. The highest BCUT2D eigenvalue weighted by Crippen LogP contribution is 2.17. The number of benzene rings is 1. The van der Waals surface area contributed by atoms with Gasteiger partial charge in [-0.3, -0.25) is 9.69 Å². The van der Waals surface area contributed by atoms with Gasteiger partial charge in [0.25, 0.3) is 0 Å². The quantitative estimate of drug-likeness (QED) is 0.793. The molecule has 0 bridgehead atoms. The van der Waals surface area contributed by atoms with Gasteiger partial charge in [0, 0.05) is 5.56 Å². The Hall–Kier alpha value is -2.49. The fraction of sp³-hybridized carbons (Fsp3) is 0.182. The van der Waals surface area contributed by atoms with Crippen LogP contribution >= 0.6 is 0 Å². The van der Waals surface area contributed by atoms with Crippen molar-refractivity contribution >= 4 is 11.9 Å². The van der Waals surface area contributed by atoms with Crippen molar-refractivity contribution in [3.05, 3.63) is 34.9 Å². The van der Waals surface area contributed by atoms with Crippen LogP contribution in [-0.4, -0.2) is 23.4 Å². The molecule has 0 unspecified atom stereocenters. The van der Waals surface area contributed by atoms with E-state index in [1.165, 1.54) is 6.07 Å². The van der Waals surface area contributed by atoms with Crippen molar-refractivity contribution in [3.8, 4) is 6.07 Å². The predicted octanol–water partition coefficient (Wildman–Crippen LogP) is 0.888. The Kier molecular flexibility index (Phi) is 2.93. The summed E-state index contributed by atoms with van der Waals surface area (Å²) in [5.41, 5.74) is -0.578. The van der Waals surface area contributed by atoms with E-state index >= 15 is 0 Å². The van der Waals surface area contributed by atoms with Crippen LogP contribution < -0.4 is 5.32 Å². The molecular weight excluding hydrogens is 244 g/mol. The van der Waals surface area contributed by atoms with Gasteiger partial charge in [0.05, 0.1) is 18.7 Å². The summed E-state index contributed by atoms with van der Waals surface area (Å²) in [6.07, 6.45) is 0. The van der Waals surface area contributed by atoms with Gasteiger partial charge >= 0.3 is 6.03 Å². The van der Waals surface area contributed by atoms with Gasteiger partial charge in [-0.05, 0) is 12.1 Å². The van der Waals surface area contributed by atoms with Crippen molar-refractivity contribution in [2.45, 2.75) is 6.54 Å². The van der Waals surface area contributed by atoms with E-state index in [-0.39, 0.29) is 18.7 Å². The van der Waals surface area contributed by atoms with E-state index in [0.717, 1.165) is 17.0 Å². The Morgan fingerprint density at radius 3 is 2.61 bits per heavy atom. The summed E-state index contributed by atoms with van der Waals surface area (Å²) in [6, 6.07) is 2.40. The molecular formula is C11H7F2N3O2. The zero-order valence-corrected chi connectivity index (χ0v) is 9.04.